The van der Waals surface area contributed by atoms with Gasteiger partial charge in [0, 0.05) is 6.42 Å². The van der Waals surface area contributed by atoms with E-state index in [-0.39, 0.29) is 6.10 Å². The van der Waals surface area contributed by atoms with Crippen molar-refractivity contribution in [1.29, 1.82) is 0 Å². The molecule has 0 spiro atoms. The Balaban J connectivity index is 1.95. The Morgan fingerprint density at radius 1 is 1.17 bits per heavy atom. The summed E-state index contributed by atoms with van der Waals surface area (Å²) < 4.78 is 5.99. The first kappa shape index (κ1) is 12.9. The minimum atomic E-state index is 0.113. The number of benzene rings is 1. The lowest BCUT2D eigenvalue weighted by atomic mass is 10.0. The fraction of sp³-hybridized carbons (Fsp3) is 0.375. The number of nitrogens with two attached hydrogens (primary N) is 1. The predicted octanol–water partition coefficient (Wildman–Crippen LogP) is 3.72. The van der Waals surface area contributed by atoms with Crippen molar-refractivity contribution in [2.24, 2.45) is 5.73 Å². The zero-order valence-corrected chi connectivity index (χ0v) is 10.9. The van der Waals surface area contributed by atoms with E-state index < -0.39 is 0 Å². The van der Waals surface area contributed by atoms with Crippen molar-refractivity contribution in [3.63, 3.8) is 0 Å². The van der Waals surface area contributed by atoms with Gasteiger partial charge in [0.1, 0.15) is 6.10 Å². The molecule has 1 aliphatic carbocycles. The molecule has 0 saturated heterocycles. The molecule has 0 fully saturated rings. The highest BCUT2D eigenvalue weighted by Gasteiger charge is 2.11. The van der Waals surface area contributed by atoms with Crippen molar-refractivity contribution in [2.75, 3.05) is 6.54 Å². The molecule has 2 nitrogen and oxygen atoms in total. The zero-order chi connectivity index (χ0) is 12.8. The summed E-state index contributed by atoms with van der Waals surface area (Å²) in [7, 11) is 0. The van der Waals surface area contributed by atoms with E-state index >= 15 is 0 Å². The van der Waals surface area contributed by atoms with Crippen LogP contribution in [0.15, 0.2) is 53.8 Å². The van der Waals surface area contributed by atoms with Gasteiger partial charge in [-0.2, -0.15) is 0 Å². The van der Waals surface area contributed by atoms with Crippen LogP contribution in [0.3, 0.4) is 0 Å². The van der Waals surface area contributed by atoms with Crippen molar-refractivity contribution in [1.82, 2.24) is 0 Å². The van der Waals surface area contributed by atoms with Gasteiger partial charge in [-0.1, -0.05) is 42.0 Å². The van der Waals surface area contributed by atoms with Gasteiger partial charge >= 0.3 is 0 Å². The molecule has 0 radical (unpaired) electrons. The second-order valence-electron chi connectivity index (χ2n) is 4.67. The van der Waals surface area contributed by atoms with Crippen LogP contribution in [0, 0.1) is 0 Å². The summed E-state index contributed by atoms with van der Waals surface area (Å²) in [6.45, 7) is 2.82. The second-order valence-corrected chi connectivity index (χ2v) is 4.67. The van der Waals surface area contributed by atoms with Gasteiger partial charge < -0.3 is 10.5 Å². The van der Waals surface area contributed by atoms with Crippen LogP contribution in [0.2, 0.25) is 0 Å². The molecular formula is C16H21NO. The third-order valence-electron chi connectivity index (χ3n) is 3.26. The Kier molecular flexibility index (Phi) is 4.59. The van der Waals surface area contributed by atoms with Crippen LogP contribution in [0.5, 0.6) is 0 Å². The standard InChI is InChI=1S/C16H21NO/c1-13(15-5-3-2-4-6-15)18-16-9-7-14(8-10-16)11-12-17/h2-7,9,13H,8,10-12,17H2,1H3. The topological polar surface area (TPSA) is 35.2 Å². The first-order valence-electron chi connectivity index (χ1n) is 6.60. The van der Waals surface area contributed by atoms with Gasteiger partial charge in [-0.15, -0.1) is 0 Å². The minimum Gasteiger partial charge on any atom is -0.490 e. The SMILES string of the molecule is CC(OC1=CC=C(CCN)CC1)c1ccccc1. The lowest BCUT2D eigenvalue weighted by molar-refractivity contribution is 0.125. The molecule has 0 saturated carbocycles. The molecule has 0 aromatic heterocycles. The quantitative estimate of drug-likeness (QED) is 0.855. The van der Waals surface area contributed by atoms with Crippen LogP contribution < -0.4 is 5.73 Å². The van der Waals surface area contributed by atoms with Gasteiger partial charge in [-0.05, 0) is 37.9 Å². The maximum absolute atomic E-state index is 5.99. The molecule has 1 unspecified atom stereocenters. The van der Waals surface area contributed by atoms with Crippen molar-refractivity contribution < 1.29 is 4.74 Å². The Morgan fingerprint density at radius 3 is 2.56 bits per heavy atom. The summed E-state index contributed by atoms with van der Waals surface area (Å²) in [4.78, 5) is 0. The maximum atomic E-state index is 5.99. The van der Waals surface area contributed by atoms with Crippen LogP contribution in [0.4, 0.5) is 0 Å². The van der Waals surface area contributed by atoms with Gasteiger partial charge in [0.2, 0.25) is 0 Å². The molecule has 0 aliphatic heterocycles. The summed E-state index contributed by atoms with van der Waals surface area (Å²) in [5, 5.41) is 0. The van der Waals surface area contributed by atoms with Gasteiger partial charge in [-0.25, -0.2) is 0 Å². The molecule has 96 valence electrons. The van der Waals surface area contributed by atoms with Gasteiger partial charge in [0.25, 0.3) is 0 Å². The predicted molar refractivity (Wildman–Crippen MR) is 75.0 cm³/mol. The fourth-order valence-corrected chi connectivity index (χ4v) is 2.17. The van der Waals surface area contributed by atoms with Crippen molar-refractivity contribution >= 4 is 0 Å². The number of hydrogen-bond donors (Lipinski definition) is 1. The van der Waals surface area contributed by atoms with Crippen molar-refractivity contribution in [3.8, 4) is 0 Å². The Morgan fingerprint density at radius 2 is 1.94 bits per heavy atom. The normalized spacial score (nSPS) is 16.8. The van der Waals surface area contributed by atoms with Crippen LogP contribution in [0.25, 0.3) is 0 Å². The average Bonchev–Trinajstić information content (AvgIpc) is 2.42. The summed E-state index contributed by atoms with van der Waals surface area (Å²) in [6, 6.07) is 10.3. The van der Waals surface area contributed by atoms with Gasteiger partial charge in [-0.3, -0.25) is 0 Å². The first-order chi connectivity index (χ1) is 8.79. The Labute approximate surface area is 109 Å². The van der Waals surface area contributed by atoms with E-state index in [1.807, 2.05) is 18.2 Å². The van der Waals surface area contributed by atoms with E-state index in [9.17, 15) is 0 Å². The van der Waals surface area contributed by atoms with E-state index in [1.54, 1.807) is 0 Å². The molecule has 1 atom stereocenters. The monoisotopic (exact) mass is 243 g/mol. The highest BCUT2D eigenvalue weighted by Crippen LogP contribution is 2.26. The molecule has 0 heterocycles. The number of hydrogen-bond acceptors (Lipinski definition) is 2. The molecular weight excluding hydrogens is 222 g/mol. The zero-order valence-electron chi connectivity index (χ0n) is 10.9. The number of rotatable bonds is 5. The molecule has 1 aromatic rings. The summed E-state index contributed by atoms with van der Waals surface area (Å²) >= 11 is 0. The summed E-state index contributed by atoms with van der Waals surface area (Å²) in [5.41, 5.74) is 8.20. The second kappa shape index (κ2) is 6.41. The highest BCUT2D eigenvalue weighted by molar-refractivity contribution is 5.22. The molecule has 1 aliphatic rings. The number of allylic oxidation sites excluding steroid dienone is 3. The lowest BCUT2D eigenvalue weighted by Crippen LogP contribution is -2.05. The highest BCUT2D eigenvalue weighted by atomic mass is 16.5. The van der Waals surface area contributed by atoms with Crippen LogP contribution in [-0.4, -0.2) is 6.54 Å². The maximum Gasteiger partial charge on any atom is 0.120 e. The minimum absolute atomic E-state index is 0.113. The van der Waals surface area contributed by atoms with E-state index in [0.29, 0.717) is 0 Å². The third kappa shape index (κ3) is 3.47. The smallest absolute Gasteiger partial charge is 0.120 e. The first-order valence-corrected chi connectivity index (χ1v) is 6.60. The molecule has 0 amide bonds. The van der Waals surface area contributed by atoms with Crippen molar-refractivity contribution in [3.05, 3.63) is 59.4 Å². The Hall–Kier alpha value is -1.54. The van der Waals surface area contributed by atoms with E-state index in [4.69, 9.17) is 10.5 Å². The van der Waals surface area contributed by atoms with E-state index in [2.05, 4.69) is 31.2 Å². The molecule has 1 aromatic carbocycles. The summed E-state index contributed by atoms with van der Waals surface area (Å²) in [6.07, 6.45) is 7.42. The molecule has 2 N–H and O–H groups in total. The van der Waals surface area contributed by atoms with Gasteiger partial charge in [0.15, 0.2) is 0 Å². The number of ether oxygens (including phenoxy) is 1. The van der Waals surface area contributed by atoms with Crippen LogP contribution in [-0.2, 0) is 4.74 Å². The van der Waals surface area contributed by atoms with Gasteiger partial charge in [0.05, 0.1) is 5.76 Å². The third-order valence-corrected chi connectivity index (χ3v) is 3.26. The van der Waals surface area contributed by atoms with Crippen molar-refractivity contribution in [2.45, 2.75) is 32.3 Å². The lowest BCUT2D eigenvalue weighted by Gasteiger charge is -2.20. The molecule has 0 bridgehead atoms. The van der Waals surface area contributed by atoms with E-state index in [1.165, 1.54) is 11.1 Å². The fourth-order valence-electron chi connectivity index (χ4n) is 2.17. The van der Waals surface area contributed by atoms with Crippen LogP contribution in [0.1, 0.15) is 37.9 Å². The largest absolute Gasteiger partial charge is 0.490 e. The Bertz CT molecular complexity index is 434. The van der Waals surface area contributed by atoms with E-state index in [0.717, 1.165) is 31.6 Å². The molecule has 2 heteroatoms. The average molecular weight is 243 g/mol. The summed E-state index contributed by atoms with van der Waals surface area (Å²) in [5.74, 6) is 1.08. The molecule has 18 heavy (non-hydrogen) atoms. The van der Waals surface area contributed by atoms with Crippen LogP contribution >= 0.6 is 0 Å². The molecule has 2 rings (SSSR count).